The Labute approximate surface area is 281 Å². The topological polar surface area (TPSA) is 125 Å². The quantitative estimate of drug-likeness (QED) is 0.177. The Morgan fingerprint density at radius 1 is 0.500 bits per heavy atom. The molecule has 0 saturated heterocycles. The molecule has 0 atom stereocenters. The number of rotatable bonds is 4. The third-order valence-electron chi connectivity index (χ3n) is 7.34. The van der Waals surface area contributed by atoms with Gasteiger partial charge in [0.2, 0.25) is 11.8 Å². The molecule has 0 bridgehead atoms. The molecule has 0 saturated carbocycles. The molecular formula is C32H10N6O2S6. The molecule has 0 aliphatic carbocycles. The first-order valence-electron chi connectivity index (χ1n) is 13.5. The van der Waals surface area contributed by atoms with Gasteiger partial charge in [-0.2, -0.15) is 10.5 Å². The first kappa shape index (κ1) is 26.4. The Balaban J connectivity index is 0.957. The van der Waals surface area contributed by atoms with E-state index in [1.54, 1.807) is 35.1 Å². The predicted octanol–water partition coefficient (Wildman–Crippen LogP) is 11.0. The third kappa shape index (κ3) is 4.16. The summed E-state index contributed by atoms with van der Waals surface area (Å²) in [5, 5.41) is 22.1. The zero-order chi connectivity index (χ0) is 30.5. The van der Waals surface area contributed by atoms with E-state index in [-0.39, 0.29) is 0 Å². The summed E-state index contributed by atoms with van der Waals surface area (Å²) in [4.78, 5) is 24.1. The largest absolute Gasteiger partial charge is 0.435 e. The van der Waals surface area contributed by atoms with Gasteiger partial charge in [0.1, 0.15) is 52.7 Å². The van der Waals surface area contributed by atoms with Gasteiger partial charge < -0.3 is 8.83 Å². The van der Waals surface area contributed by atoms with Crippen LogP contribution in [-0.4, -0.2) is 19.9 Å². The summed E-state index contributed by atoms with van der Waals surface area (Å²) in [7, 11) is 0. The fraction of sp³-hybridized carbons (Fsp3) is 0. The molecule has 0 amide bonds. The summed E-state index contributed by atoms with van der Waals surface area (Å²) in [6.07, 6.45) is 3.60. The number of thiophene rings is 4. The normalized spacial score (nSPS) is 11.9. The maximum atomic E-state index is 9.17. The Kier molecular flexibility index (Phi) is 5.66. The van der Waals surface area contributed by atoms with Crippen molar-refractivity contribution in [3.8, 4) is 53.4 Å². The molecule has 10 rings (SSSR count). The Morgan fingerprint density at radius 2 is 0.957 bits per heavy atom. The average molecular weight is 703 g/mol. The van der Waals surface area contributed by atoms with E-state index in [0.29, 0.717) is 22.9 Å². The summed E-state index contributed by atoms with van der Waals surface area (Å²) < 4.78 is 16.8. The van der Waals surface area contributed by atoms with E-state index < -0.39 is 0 Å². The maximum Gasteiger partial charge on any atom is 0.239 e. The predicted molar refractivity (Wildman–Crippen MR) is 188 cm³/mol. The van der Waals surface area contributed by atoms with Crippen molar-refractivity contribution in [1.82, 2.24) is 19.9 Å². The highest BCUT2D eigenvalue weighted by Gasteiger charge is 2.19. The minimum atomic E-state index is 0.528. The highest BCUT2D eigenvalue weighted by molar-refractivity contribution is 7.32. The lowest BCUT2D eigenvalue weighted by atomic mass is 10.1. The molecule has 10 aromatic rings. The third-order valence-corrected chi connectivity index (χ3v) is 14.0. The summed E-state index contributed by atoms with van der Waals surface area (Å²) in [5.41, 5.74) is 2.88. The van der Waals surface area contributed by atoms with Crippen molar-refractivity contribution in [2.45, 2.75) is 0 Å². The van der Waals surface area contributed by atoms with E-state index >= 15 is 0 Å². The first-order chi connectivity index (χ1) is 22.6. The van der Waals surface area contributed by atoms with Crippen molar-refractivity contribution >= 4 is 120 Å². The van der Waals surface area contributed by atoms with Crippen LogP contribution in [0, 0.1) is 22.7 Å². The van der Waals surface area contributed by atoms with Gasteiger partial charge in [-0.15, -0.1) is 68.0 Å². The Morgan fingerprint density at radius 3 is 1.39 bits per heavy atom. The van der Waals surface area contributed by atoms with Crippen molar-refractivity contribution in [1.29, 1.82) is 10.5 Å². The molecule has 2 aromatic carbocycles. The minimum Gasteiger partial charge on any atom is -0.435 e. The highest BCUT2D eigenvalue weighted by atomic mass is 32.1. The van der Waals surface area contributed by atoms with Crippen LogP contribution in [0.15, 0.2) is 69.8 Å². The molecular weight excluding hydrogens is 693 g/mol. The molecule has 0 spiro atoms. The second kappa shape index (κ2) is 9.85. The molecule has 0 aliphatic rings. The number of hydrogen-bond donors (Lipinski definition) is 0. The van der Waals surface area contributed by atoms with Crippen LogP contribution in [0.1, 0.15) is 9.75 Å². The second-order valence-electron chi connectivity index (χ2n) is 10.2. The van der Waals surface area contributed by atoms with Crippen LogP contribution in [-0.2, 0) is 0 Å². The molecule has 0 N–H and O–H groups in total. The van der Waals surface area contributed by atoms with Gasteiger partial charge in [-0.25, -0.2) is 19.9 Å². The van der Waals surface area contributed by atoms with E-state index in [1.807, 2.05) is 36.4 Å². The smallest absolute Gasteiger partial charge is 0.239 e. The van der Waals surface area contributed by atoms with E-state index in [0.717, 1.165) is 79.9 Å². The van der Waals surface area contributed by atoms with Crippen LogP contribution in [0.4, 0.5) is 0 Å². The zero-order valence-electron chi connectivity index (χ0n) is 22.7. The van der Waals surface area contributed by atoms with Gasteiger partial charge in [0.15, 0.2) is 11.2 Å². The fourth-order valence-corrected chi connectivity index (χ4v) is 11.4. The molecule has 8 nitrogen and oxygen atoms in total. The summed E-state index contributed by atoms with van der Waals surface area (Å²) in [6, 6.07) is 20.5. The van der Waals surface area contributed by atoms with Crippen LogP contribution in [0.25, 0.3) is 93.1 Å². The number of nitrogens with zero attached hydrogens (tertiary/aromatic N) is 6. The lowest BCUT2D eigenvalue weighted by molar-refractivity contribution is 0.621. The number of hydrogen-bond acceptors (Lipinski definition) is 14. The monoisotopic (exact) mass is 702 g/mol. The summed E-state index contributed by atoms with van der Waals surface area (Å²) >= 11 is 9.34. The number of benzene rings is 2. The number of thiazole rings is 2. The van der Waals surface area contributed by atoms with Gasteiger partial charge in [0.05, 0.1) is 22.1 Å². The van der Waals surface area contributed by atoms with Gasteiger partial charge in [-0.1, -0.05) is 0 Å². The van der Waals surface area contributed by atoms with Gasteiger partial charge >= 0.3 is 0 Å². The highest BCUT2D eigenvalue weighted by Crippen LogP contribution is 2.43. The van der Waals surface area contributed by atoms with Crippen LogP contribution in [0.5, 0.6) is 0 Å². The number of oxazole rings is 2. The average Bonchev–Trinajstić information content (AvgIpc) is 3.88. The fourth-order valence-electron chi connectivity index (χ4n) is 5.27. The molecule has 0 fully saturated rings. The van der Waals surface area contributed by atoms with Gasteiger partial charge in [-0.05, 0) is 59.3 Å². The van der Waals surface area contributed by atoms with Gasteiger partial charge in [-0.3, -0.25) is 0 Å². The van der Waals surface area contributed by atoms with Crippen molar-refractivity contribution < 1.29 is 8.83 Å². The lowest BCUT2D eigenvalue weighted by Crippen LogP contribution is -1.76. The van der Waals surface area contributed by atoms with Crippen molar-refractivity contribution in [2.24, 2.45) is 0 Å². The number of nitriles is 2. The second-order valence-corrected chi connectivity index (χ2v) is 16.6. The van der Waals surface area contributed by atoms with Crippen LogP contribution >= 0.6 is 68.0 Å². The van der Waals surface area contributed by atoms with Crippen molar-refractivity contribution in [3.63, 3.8) is 0 Å². The zero-order valence-corrected chi connectivity index (χ0v) is 27.6. The molecule has 0 radical (unpaired) electrons. The Bertz CT molecular complexity index is 2600. The molecule has 0 aliphatic heterocycles. The summed E-state index contributed by atoms with van der Waals surface area (Å²) in [6.45, 7) is 0. The molecule has 14 heteroatoms. The van der Waals surface area contributed by atoms with Crippen molar-refractivity contribution in [3.05, 3.63) is 70.7 Å². The molecule has 46 heavy (non-hydrogen) atoms. The molecule has 8 aromatic heterocycles. The first-order valence-corrected chi connectivity index (χ1v) is 18.4. The van der Waals surface area contributed by atoms with E-state index in [1.165, 1.54) is 45.3 Å². The number of fused-ring (bicyclic) bond motifs is 5. The van der Waals surface area contributed by atoms with Gasteiger partial charge in [0.25, 0.3) is 0 Å². The maximum absolute atomic E-state index is 9.17. The molecule has 0 unspecified atom stereocenters. The molecule has 216 valence electrons. The van der Waals surface area contributed by atoms with E-state index in [2.05, 4.69) is 34.2 Å². The molecule has 8 heterocycles. The van der Waals surface area contributed by atoms with Crippen LogP contribution in [0.2, 0.25) is 0 Å². The minimum absolute atomic E-state index is 0.528. The Hall–Kier alpha value is -4.80. The lowest BCUT2D eigenvalue weighted by Gasteiger charge is -1.96. The standard InChI is InChI=1S/C32H10N6O2S6/c33-9-15-5-21-23(41-15)7-25(43-21)31-35-11-27(45-31)29-37-17-1-13-3-20-18(2-14(13)4-19(17)39-29)38-30(40-20)28-12-36-32(46-28)26-8-24-22(44-26)6-16(10-34)42-24/h1-8,11-12H. The van der Waals surface area contributed by atoms with Gasteiger partial charge in [0, 0.05) is 18.8 Å². The van der Waals surface area contributed by atoms with Crippen LogP contribution in [0.3, 0.4) is 0 Å². The number of aromatic nitrogens is 4. The SMILES string of the molecule is N#Cc1cc2sc(-c3ncc(-c4nc5cc6cc7oc(-c8cnc(-c9cc%10sc(C#N)cc%10s9)s8)nc7cc6cc5o4)s3)cc2s1. The van der Waals surface area contributed by atoms with Crippen molar-refractivity contribution in [2.75, 3.05) is 0 Å². The van der Waals surface area contributed by atoms with E-state index in [4.69, 9.17) is 29.3 Å². The summed E-state index contributed by atoms with van der Waals surface area (Å²) in [5.74, 6) is 1.06. The van der Waals surface area contributed by atoms with Crippen LogP contribution < -0.4 is 0 Å². The van der Waals surface area contributed by atoms with E-state index in [9.17, 15) is 0 Å².